The first-order valence-corrected chi connectivity index (χ1v) is 7.73. The Morgan fingerprint density at radius 2 is 1.57 bits per heavy atom. The highest BCUT2D eigenvalue weighted by atomic mass is 35.5. The number of carbonyl (C=O) groups is 2. The molecule has 2 N–H and O–H groups in total. The first kappa shape index (κ1) is 17.0. The summed E-state index contributed by atoms with van der Waals surface area (Å²) in [6.45, 7) is 5.96. The number of hydrogen-bond donors (Lipinski definition) is 2. The molecular weight excluding hydrogens is 312 g/mol. The van der Waals surface area contributed by atoms with E-state index in [1.165, 1.54) is 5.56 Å². The normalized spacial score (nSPS) is 10.5. The molecule has 0 spiro atoms. The van der Waals surface area contributed by atoms with Crippen molar-refractivity contribution in [3.8, 4) is 0 Å². The SMILES string of the molecule is Cc1c(Cl)cccc1NC(=O)C(=O)Nc1ccc(C(C)C)cc1. The van der Waals surface area contributed by atoms with E-state index in [4.69, 9.17) is 11.6 Å². The van der Waals surface area contributed by atoms with Crippen molar-refractivity contribution in [3.63, 3.8) is 0 Å². The van der Waals surface area contributed by atoms with Crippen LogP contribution >= 0.6 is 11.6 Å². The van der Waals surface area contributed by atoms with Gasteiger partial charge in [0.15, 0.2) is 0 Å². The Kier molecular flexibility index (Phi) is 5.40. The van der Waals surface area contributed by atoms with Gasteiger partial charge in [0.1, 0.15) is 0 Å². The van der Waals surface area contributed by atoms with Gasteiger partial charge >= 0.3 is 11.8 Å². The number of hydrogen-bond acceptors (Lipinski definition) is 2. The third-order valence-corrected chi connectivity index (χ3v) is 3.97. The number of rotatable bonds is 3. The molecule has 0 atom stereocenters. The molecule has 5 heteroatoms. The van der Waals surface area contributed by atoms with Gasteiger partial charge in [-0.05, 0) is 48.2 Å². The monoisotopic (exact) mass is 330 g/mol. The standard InChI is InChI=1S/C18H19ClN2O2/c1-11(2)13-7-9-14(10-8-13)20-17(22)18(23)21-16-6-4-5-15(19)12(16)3/h4-11H,1-3H3,(H,20,22)(H,21,23). The fraction of sp³-hybridized carbons (Fsp3) is 0.222. The van der Waals surface area contributed by atoms with Crippen molar-refractivity contribution in [1.82, 2.24) is 0 Å². The zero-order chi connectivity index (χ0) is 17.0. The number of benzene rings is 2. The summed E-state index contributed by atoms with van der Waals surface area (Å²) in [4.78, 5) is 24.0. The minimum Gasteiger partial charge on any atom is -0.318 e. The van der Waals surface area contributed by atoms with Crippen LogP contribution in [0.25, 0.3) is 0 Å². The molecule has 0 radical (unpaired) electrons. The molecule has 23 heavy (non-hydrogen) atoms. The molecule has 0 unspecified atom stereocenters. The smallest absolute Gasteiger partial charge is 0.314 e. The number of carbonyl (C=O) groups excluding carboxylic acids is 2. The molecule has 2 aromatic carbocycles. The van der Waals surface area contributed by atoms with Crippen molar-refractivity contribution in [2.24, 2.45) is 0 Å². The van der Waals surface area contributed by atoms with Crippen LogP contribution in [0.1, 0.15) is 30.9 Å². The maximum Gasteiger partial charge on any atom is 0.314 e. The Balaban J connectivity index is 2.02. The van der Waals surface area contributed by atoms with Crippen molar-refractivity contribution >= 4 is 34.8 Å². The van der Waals surface area contributed by atoms with Crippen LogP contribution in [0, 0.1) is 6.92 Å². The molecule has 120 valence electrons. The van der Waals surface area contributed by atoms with Crippen LogP contribution in [0.15, 0.2) is 42.5 Å². The minimum absolute atomic E-state index is 0.411. The number of anilines is 2. The Hall–Kier alpha value is -2.33. The van der Waals surface area contributed by atoms with Crippen molar-refractivity contribution in [3.05, 3.63) is 58.6 Å². The second-order valence-electron chi connectivity index (χ2n) is 5.60. The van der Waals surface area contributed by atoms with Crippen LogP contribution in [0.2, 0.25) is 5.02 Å². The predicted octanol–water partition coefficient (Wildman–Crippen LogP) is 4.35. The average molecular weight is 331 g/mol. The molecule has 0 aliphatic carbocycles. The van der Waals surface area contributed by atoms with Crippen LogP contribution in [0.4, 0.5) is 11.4 Å². The lowest BCUT2D eigenvalue weighted by Gasteiger charge is -2.10. The first-order valence-electron chi connectivity index (χ1n) is 7.36. The van der Waals surface area contributed by atoms with Crippen molar-refractivity contribution in [2.45, 2.75) is 26.7 Å². The van der Waals surface area contributed by atoms with Crippen molar-refractivity contribution in [2.75, 3.05) is 10.6 Å². The highest BCUT2D eigenvalue weighted by Gasteiger charge is 2.15. The van der Waals surface area contributed by atoms with E-state index in [0.717, 1.165) is 5.56 Å². The quantitative estimate of drug-likeness (QED) is 0.822. The summed E-state index contributed by atoms with van der Waals surface area (Å²) in [6.07, 6.45) is 0. The van der Waals surface area contributed by atoms with E-state index >= 15 is 0 Å². The van der Waals surface area contributed by atoms with Crippen LogP contribution < -0.4 is 10.6 Å². The van der Waals surface area contributed by atoms with Crippen LogP contribution in [0.5, 0.6) is 0 Å². The fourth-order valence-electron chi connectivity index (χ4n) is 2.06. The van der Waals surface area contributed by atoms with Gasteiger partial charge in [-0.15, -0.1) is 0 Å². The summed E-state index contributed by atoms with van der Waals surface area (Å²) < 4.78 is 0. The van der Waals surface area contributed by atoms with E-state index in [2.05, 4.69) is 24.5 Å². The zero-order valence-electron chi connectivity index (χ0n) is 13.3. The maximum atomic E-state index is 12.0. The Morgan fingerprint density at radius 1 is 0.957 bits per heavy atom. The Morgan fingerprint density at radius 3 is 2.17 bits per heavy atom. The lowest BCUT2D eigenvalue weighted by atomic mass is 10.0. The Bertz CT molecular complexity index is 724. The minimum atomic E-state index is -0.733. The second kappa shape index (κ2) is 7.29. The number of halogens is 1. The third-order valence-electron chi connectivity index (χ3n) is 3.56. The van der Waals surface area contributed by atoms with Crippen LogP contribution in [-0.4, -0.2) is 11.8 Å². The molecule has 4 nitrogen and oxygen atoms in total. The van der Waals surface area contributed by atoms with E-state index < -0.39 is 11.8 Å². The molecule has 0 aliphatic rings. The molecule has 0 bridgehead atoms. The van der Waals surface area contributed by atoms with E-state index in [9.17, 15) is 9.59 Å². The number of amides is 2. The summed E-state index contributed by atoms with van der Waals surface area (Å²) >= 11 is 6.00. The second-order valence-corrected chi connectivity index (χ2v) is 6.00. The van der Waals surface area contributed by atoms with Gasteiger partial charge in [-0.1, -0.05) is 43.6 Å². The van der Waals surface area contributed by atoms with Gasteiger partial charge in [0, 0.05) is 16.4 Å². The van der Waals surface area contributed by atoms with Crippen molar-refractivity contribution in [1.29, 1.82) is 0 Å². The van der Waals surface area contributed by atoms with E-state index in [0.29, 0.717) is 22.3 Å². The molecule has 2 aromatic rings. The topological polar surface area (TPSA) is 58.2 Å². The van der Waals surface area contributed by atoms with E-state index in [-0.39, 0.29) is 0 Å². The summed E-state index contributed by atoms with van der Waals surface area (Å²) in [5.74, 6) is -1.04. The molecule has 0 saturated heterocycles. The molecule has 0 aliphatic heterocycles. The lowest BCUT2D eigenvalue weighted by Crippen LogP contribution is -2.29. The first-order chi connectivity index (χ1) is 10.9. The van der Waals surface area contributed by atoms with Crippen LogP contribution in [0.3, 0.4) is 0 Å². The highest BCUT2D eigenvalue weighted by Crippen LogP contribution is 2.23. The molecule has 0 saturated carbocycles. The van der Waals surface area contributed by atoms with Gasteiger partial charge < -0.3 is 10.6 Å². The molecular formula is C18H19ClN2O2. The van der Waals surface area contributed by atoms with E-state index in [1.54, 1.807) is 37.3 Å². The fourth-order valence-corrected chi connectivity index (χ4v) is 2.24. The molecule has 2 rings (SSSR count). The van der Waals surface area contributed by atoms with Gasteiger partial charge in [0.2, 0.25) is 0 Å². The van der Waals surface area contributed by atoms with E-state index in [1.807, 2.05) is 12.1 Å². The molecule has 0 aromatic heterocycles. The maximum absolute atomic E-state index is 12.0. The van der Waals surface area contributed by atoms with Gasteiger partial charge in [-0.3, -0.25) is 9.59 Å². The average Bonchev–Trinajstić information content (AvgIpc) is 2.52. The van der Waals surface area contributed by atoms with Crippen molar-refractivity contribution < 1.29 is 9.59 Å². The molecule has 2 amide bonds. The largest absolute Gasteiger partial charge is 0.318 e. The summed E-state index contributed by atoms with van der Waals surface area (Å²) in [7, 11) is 0. The van der Waals surface area contributed by atoms with Gasteiger partial charge in [0.25, 0.3) is 0 Å². The predicted molar refractivity (Wildman–Crippen MR) is 94.0 cm³/mol. The summed E-state index contributed by atoms with van der Waals surface area (Å²) in [6, 6.07) is 12.6. The highest BCUT2D eigenvalue weighted by molar-refractivity contribution is 6.44. The van der Waals surface area contributed by atoms with Gasteiger partial charge in [0.05, 0.1) is 0 Å². The third kappa shape index (κ3) is 4.33. The zero-order valence-corrected chi connectivity index (χ0v) is 14.1. The van der Waals surface area contributed by atoms with Gasteiger partial charge in [-0.2, -0.15) is 0 Å². The lowest BCUT2D eigenvalue weighted by molar-refractivity contribution is -0.133. The summed E-state index contributed by atoms with van der Waals surface area (Å²) in [5.41, 5.74) is 2.99. The number of nitrogens with one attached hydrogen (secondary N) is 2. The van der Waals surface area contributed by atoms with Gasteiger partial charge in [-0.25, -0.2) is 0 Å². The van der Waals surface area contributed by atoms with Crippen LogP contribution in [-0.2, 0) is 9.59 Å². The molecule has 0 fully saturated rings. The summed E-state index contributed by atoms with van der Waals surface area (Å²) in [5, 5.41) is 5.68. The Labute approximate surface area is 140 Å². The molecule has 0 heterocycles.